The minimum absolute atomic E-state index is 0.00920. The molecule has 0 N–H and O–H groups in total. The van der Waals surface area contributed by atoms with Crippen LogP contribution in [0, 0.1) is 0 Å². The van der Waals surface area contributed by atoms with Crippen LogP contribution in [0.25, 0.3) is 11.0 Å². The smallest absolute Gasteiger partial charge is 0.298 e. The summed E-state index contributed by atoms with van der Waals surface area (Å²) >= 11 is 1.41. The minimum atomic E-state index is -4.59. The molecule has 0 saturated heterocycles. The summed E-state index contributed by atoms with van der Waals surface area (Å²) in [6.07, 6.45) is -2.77. The van der Waals surface area contributed by atoms with Gasteiger partial charge < -0.3 is 0 Å². The van der Waals surface area contributed by atoms with Crippen molar-refractivity contribution in [2.75, 3.05) is 5.75 Å². The molecule has 4 aromatic rings. The number of benzene rings is 1. The van der Waals surface area contributed by atoms with E-state index in [0.717, 1.165) is 17.3 Å². The zero-order valence-corrected chi connectivity index (χ0v) is 18.6. The van der Waals surface area contributed by atoms with Gasteiger partial charge in [0.15, 0.2) is 10.7 Å². The third kappa shape index (κ3) is 5.63. The van der Waals surface area contributed by atoms with Gasteiger partial charge in [-0.25, -0.2) is 9.97 Å². The van der Waals surface area contributed by atoms with Crippen LogP contribution in [0.1, 0.15) is 15.6 Å². The Morgan fingerprint density at radius 1 is 1.09 bits per heavy atom. The normalized spacial score (nSPS) is 11.7. The highest BCUT2D eigenvalue weighted by Crippen LogP contribution is 2.31. The number of carbonyl (C=O) groups is 1. The fourth-order valence-electron chi connectivity index (χ4n) is 3.03. The Kier molecular flexibility index (Phi) is 6.84. The van der Waals surface area contributed by atoms with Crippen LogP contribution < -0.4 is 5.56 Å². The molecule has 12 heteroatoms. The van der Waals surface area contributed by atoms with Crippen molar-refractivity contribution >= 4 is 39.9 Å². The van der Waals surface area contributed by atoms with Crippen molar-refractivity contribution in [3.8, 4) is 0 Å². The van der Waals surface area contributed by atoms with Gasteiger partial charge in [0.1, 0.15) is 10.8 Å². The second-order valence-electron chi connectivity index (χ2n) is 6.96. The second kappa shape index (κ2) is 9.79. The van der Waals surface area contributed by atoms with Crippen molar-refractivity contribution in [1.82, 2.24) is 24.7 Å². The average molecular weight is 492 g/mol. The van der Waals surface area contributed by atoms with E-state index in [1.807, 2.05) is 30.3 Å². The van der Waals surface area contributed by atoms with Crippen molar-refractivity contribution in [2.45, 2.75) is 30.7 Å². The molecule has 7 nitrogen and oxygen atoms in total. The molecule has 0 bridgehead atoms. The fraction of sp³-hybridized carbons (Fsp3) is 0.238. The summed E-state index contributed by atoms with van der Waals surface area (Å²) in [5.74, 6) is -0.426. The summed E-state index contributed by atoms with van der Waals surface area (Å²) < 4.78 is 39.5. The number of thioether (sulfide) groups is 1. The number of aromatic nitrogens is 5. The van der Waals surface area contributed by atoms with Crippen LogP contribution in [-0.4, -0.2) is 36.3 Å². The summed E-state index contributed by atoms with van der Waals surface area (Å²) in [6.45, 7) is 0.338. The first-order valence-electron chi connectivity index (χ1n) is 9.75. The van der Waals surface area contributed by atoms with Gasteiger partial charge in [-0.3, -0.25) is 14.2 Å². The molecule has 0 amide bonds. The van der Waals surface area contributed by atoms with Gasteiger partial charge in [0.2, 0.25) is 5.01 Å². The van der Waals surface area contributed by atoms with Crippen LogP contribution in [0.4, 0.5) is 13.2 Å². The van der Waals surface area contributed by atoms with E-state index in [0.29, 0.717) is 35.0 Å². The van der Waals surface area contributed by atoms with Gasteiger partial charge in [-0.2, -0.15) is 13.2 Å². The number of halogens is 3. The van der Waals surface area contributed by atoms with Crippen molar-refractivity contribution in [3.05, 3.63) is 74.6 Å². The summed E-state index contributed by atoms with van der Waals surface area (Å²) in [5.41, 5.74) is 1.36. The standard InChI is InChI=1S/C21H16F3N5O2S2/c22-21(23,24)19-28-27-16(33-19)11-14(30)12-32-20-26-15-7-4-9-25-17(15)18(31)29(20)10-8-13-5-2-1-3-6-13/h1-7,9H,8,10-12H2. The van der Waals surface area contributed by atoms with Crippen molar-refractivity contribution < 1.29 is 18.0 Å². The van der Waals surface area contributed by atoms with Crippen LogP contribution in [0.2, 0.25) is 0 Å². The number of Topliss-reactive ketones (excluding diaryl/α,β-unsaturated/α-hetero) is 1. The number of nitrogens with zero attached hydrogens (tertiary/aromatic N) is 5. The number of carbonyl (C=O) groups excluding carboxylic acids is 1. The lowest BCUT2D eigenvalue weighted by atomic mass is 10.1. The predicted molar refractivity (Wildman–Crippen MR) is 118 cm³/mol. The summed E-state index contributed by atoms with van der Waals surface area (Å²) in [7, 11) is 0. The molecular formula is C21H16F3N5O2S2. The van der Waals surface area contributed by atoms with E-state index in [9.17, 15) is 22.8 Å². The average Bonchev–Trinajstić information content (AvgIpc) is 3.27. The van der Waals surface area contributed by atoms with Crippen LogP contribution in [-0.2, 0) is 30.4 Å². The summed E-state index contributed by atoms with van der Waals surface area (Å²) in [6, 6.07) is 12.9. The molecule has 3 aromatic heterocycles. The SMILES string of the molecule is O=C(CSc1nc2cccnc2c(=O)n1CCc1ccccc1)Cc1nnc(C(F)(F)F)s1. The highest BCUT2D eigenvalue weighted by Gasteiger charge is 2.35. The van der Waals surface area contributed by atoms with E-state index in [-0.39, 0.29) is 34.0 Å². The first-order valence-corrected chi connectivity index (χ1v) is 11.5. The molecule has 0 aliphatic carbocycles. The quantitative estimate of drug-likeness (QED) is 0.273. The molecule has 4 rings (SSSR count). The number of hydrogen-bond acceptors (Lipinski definition) is 8. The van der Waals surface area contributed by atoms with Crippen molar-refractivity contribution in [3.63, 3.8) is 0 Å². The van der Waals surface area contributed by atoms with Gasteiger partial charge >= 0.3 is 6.18 Å². The van der Waals surface area contributed by atoms with E-state index < -0.39 is 11.2 Å². The largest absolute Gasteiger partial charge is 0.445 e. The molecule has 33 heavy (non-hydrogen) atoms. The zero-order chi connectivity index (χ0) is 23.4. The lowest BCUT2D eigenvalue weighted by Crippen LogP contribution is -2.25. The number of aryl methyl sites for hydroxylation is 1. The molecule has 0 aliphatic heterocycles. The van der Waals surface area contributed by atoms with E-state index in [1.165, 1.54) is 10.8 Å². The van der Waals surface area contributed by atoms with Gasteiger partial charge in [-0.15, -0.1) is 10.2 Å². The second-order valence-corrected chi connectivity index (χ2v) is 8.97. The van der Waals surface area contributed by atoms with Crippen molar-refractivity contribution in [1.29, 1.82) is 0 Å². The maximum absolute atomic E-state index is 13.0. The van der Waals surface area contributed by atoms with Gasteiger partial charge in [0.25, 0.3) is 5.56 Å². The number of ketones is 1. The first-order chi connectivity index (χ1) is 15.8. The van der Waals surface area contributed by atoms with Gasteiger partial charge in [0, 0.05) is 12.7 Å². The topological polar surface area (TPSA) is 90.6 Å². The molecule has 0 unspecified atom stereocenters. The maximum Gasteiger partial charge on any atom is 0.445 e. The Bertz CT molecular complexity index is 1340. The van der Waals surface area contributed by atoms with E-state index in [2.05, 4.69) is 20.2 Å². The van der Waals surface area contributed by atoms with Gasteiger partial charge in [0.05, 0.1) is 17.7 Å². The first kappa shape index (κ1) is 23.1. The molecule has 0 aliphatic rings. The third-order valence-electron chi connectivity index (χ3n) is 4.57. The van der Waals surface area contributed by atoms with Gasteiger partial charge in [-0.05, 0) is 24.1 Å². The molecule has 170 valence electrons. The van der Waals surface area contributed by atoms with E-state index in [4.69, 9.17) is 0 Å². The number of hydrogen-bond donors (Lipinski definition) is 0. The van der Waals surface area contributed by atoms with Crippen LogP contribution in [0.5, 0.6) is 0 Å². The number of fused-ring (bicyclic) bond motifs is 1. The lowest BCUT2D eigenvalue weighted by Gasteiger charge is -2.12. The fourth-order valence-corrected chi connectivity index (χ4v) is 4.65. The zero-order valence-electron chi connectivity index (χ0n) is 17.0. The summed E-state index contributed by atoms with van der Waals surface area (Å²) in [5, 5.41) is 5.79. The Morgan fingerprint density at radius 2 is 1.88 bits per heavy atom. The molecule has 0 spiro atoms. The molecule has 0 saturated carbocycles. The number of alkyl halides is 3. The Labute approximate surface area is 193 Å². The molecule has 1 aromatic carbocycles. The van der Waals surface area contributed by atoms with Crippen molar-refractivity contribution in [2.24, 2.45) is 0 Å². The maximum atomic E-state index is 13.0. The number of pyridine rings is 1. The Morgan fingerprint density at radius 3 is 2.61 bits per heavy atom. The van der Waals surface area contributed by atoms with Crippen LogP contribution in [0.3, 0.4) is 0 Å². The van der Waals surface area contributed by atoms with E-state index >= 15 is 0 Å². The third-order valence-corrected chi connectivity index (χ3v) is 6.57. The highest BCUT2D eigenvalue weighted by atomic mass is 32.2. The Balaban J connectivity index is 1.52. The molecule has 3 heterocycles. The Hall–Kier alpha value is -3.12. The number of rotatable bonds is 8. The molecule has 0 fully saturated rings. The molecule has 0 atom stereocenters. The van der Waals surface area contributed by atoms with Crippen LogP contribution in [0.15, 0.2) is 58.6 Å². The van der Waals surface area contributed by atoms with E-state index in [1.54, 1.807) is 12.1 Å². The molecular weight excluding hydrogens is 475 g/mol. The van der Waals surface area contributed by atoms with Crippen LogP contribution >= 0.6 is 23.1 Å². The summed E-state index contributed by atoms with van der Waals surface area (Å²) in [4.78, 5) is 34.1. The highest BCUT2D eigenvalue weighted by molar-refractivity contribution is 7.99. The molecule has 0 radical (unpaired) electrons. The van der Waals surface area contributed by atoms with Gasteiger partial charge in [-0.1, -0.05) is 53.4 Å². The predicted octanol–water partition coefficient (Wildman–Crippen LogP) is 3.81. The monoisotopic (exact) mass is 491 g/mol. The minimum Gasteiger partial charge on any atom is -0.298 e. The lowest BCUT2D eigenvalue weighted by molar-refractivity contribution is -0.138.